The van der Waals surface area contributed by atoms with E-state index >= 15 is 0 Å². The fourth-order valence-electron chi connectivity index (χ4n) is 2.85. The lowest BCUT2D eigenvalue weighted by Gasteiger charge is -2.17. The Hall–Kier alpha value is -2.28. The molecule has 0 atom stereocenters. The number of halogens is 1. The van der Waals surface area contributed by atoms with Crippen molar-refractivity contribution >= 4 is 15.7 Å². The summed E-state index contributed by atoms with van der Waals surface area (Å²) < 4.78 is 51.6. The minimum atomic E-state index is -3.81. The maximum Gasteiger partial charge on any atom is 0.261 e. The second-order valence-corrected chi connectivity index (χ2v) is 7.63. The van der Waals surface area contributed by atoms with Crippen molar-refractivity contribution in [3.8, 4) is 11.5 Å². The van der Waals surface area contributed by atoms with Crippen molar-refractivity contribution < 1.29 is 22.3 Å². The van der Waals surface area contributed by atoms with Crippen LogP contribution in [0.25, 0.3) is 0 Å². The van der Waals surface area contributed by atoms with E-state index in [1.807, 2.05) is 0 Å². The van der Waals surface area contributed by atoms with Gasteiger partial charge in [0.05, 0.1) is 23.8 Å². The quantitative estimate of drug-likeness (QED) is 0.842. The van der Waals surface area contributed by atoms with Crippen LogP contribution in [-0.4, -0.2) is 21.6 Å². The fraction of sp³-hybridized carbons (Fsp3) is 0.333. The lowest BCUT2D eigenvalue weighted by Crippen LogP contribution is -2.14. The SMILES string of the molecule is COc1ccc(NS(=O)(=O)c2ccc(F)cc2)cc1OC1CCCC1. The second kappa shape index (κ2) is 7.31. The summed E-state index contributed by atoms with van der Waals surface area (Å²) in [7, 11) is -2.27. The first kappa shape index (κ1) is 17.5. The maximum absolute atomic E-state index is 13.0. The summed E-state index contributed by atoms with van der Waals surface area (Å²) in [4.78, 5) is -0.0111. The van der Waals surface area contributed by atoms with E-state index < -0.39 is 15.8 Å². The first-order valence-corrected chi connectivity index (χ1v) is 9.59. The number of methoxy groups -OCH3 is 1. The molecule has 0 amide bonds. The Kier molecular flexibility index (Phi) is 5.13. The van der Waals surface area contributed by atoms with Gasteiger partial charge in [-0.2, -0.15) is 0 Å². The molecule has 2 aromatic carbocycles. The van der Waals surface area contributed by atoms with Crippen LogP contribution in [0.2, 0.25) is 0 Å². The molecule has 7 heteroatoms. The van der Waals surface area contributed by atoms with Crippen molar-refractivity contribution in [1.82, 2.24) is 0 Å². The molecule has 0 unspecified atom stereocenters. The fourth-order valence-corrected chi connectivity index (χ4v) is 3.90. The highest BCUT2D eigenvalue weighted by Gasteiger charge is 2.20. The van der Waals surface area contributed by atoms with E-state index in [1.54, 1.807) is 25.3 Å². The lowest BCUT2D eigenvalue weighted by atomic mass is 10.2. The molecule has 25 heavy (non-hydrogen) atoms. The van der Waals surface area contributed by atoms with Crippen LogP contribution in [0.3, 0.4) is 0 Å². The molecular formula is C18H20FNO4S. The summed E-state index contributed by atoms with van der Waals surface area (Å²) in [5.41, 5.74) is 0.359. The van der Waals surface area contributed by atoms with Gasteiger partial charge >= 0.3 is 0 Å². The number of sulfonamides is 1. The van der Waals surface area contributed by atoms with Crippen LogP contribution < -0.4 is 14.2 Å². The molecule has 1 aliphatic carbocycles. The van der Waals surface area contributed by atoms with Gasteiger partial charge in [0.25, 0.3) is 10.0 Å². The molecule has 0 bridgehead atoms. The van der Waals surface area contributed by atoms with E-state index in [0.717, 1.165) is 37.8 Å². The molecule has 1 fully saturated rings. The molecule has 0 heterocycles. The Balaban J connectivity index is 1.83. The zero-order chi connectivity index (χ0) is 17.9. The Morgan fingerprint density at radius 2 is 1.72 bits per heavy atom. The van der Waals surface area contributed by atoms with Crippen molar-refractivity contribution in [2.75, 3.05) is 11.8 Å². The Labute approximate surface area is 146 Å². The third-order valence-electron chi connectivity index (χ3n) is 4.14. The van der Waals surface area contributed by atoms with Crippen molar-refractivity contribution in [2.24, 2.45) is 0 Å². The van der Waals surface area contributed by atoms with E-state index in [0.29, 0.717) is 17.2 Å². The van der Waals surface area contributed by atoms with E-state index in [1.165, 1.54) is 12.1 Å². The first-order valence-electron chi connectivity index (χ1n) is 8.11. The summed E-state index contributed by atoms with van der Waals surface area (Å²) in [6.45, 7) is 0. The Morgan fingerprint density at radius 1 is 1.04 bits per heavy atom. The van der Waals surface area contributed by atoms with Gasteiger partial charge in [-0.05, 0) is 62.1 Å². The molecule has 1 N–H and O–H groups in total. The molecule has 3 rings (SSSR count). The van der Waals surface area contributed by atoms with E-state index in [2.05, 4.69) is 4.72 Å². The molecule has 5 nitrogen and oxygen atoms in total. The third-order valence-corrected chi connectivity index (χ3v) is 5.53. The zero-order valence-electron chi connectivity index (χ0n) is 13.9. The molecule has 2 aromatic rings. The summed E-state index contributed by atoms with van der Waals surface area (Å²) >= 11 is 0. The van der Waals surface area contributed by atoms with Crippen LogP contribution >= 0.6 is 0 Å². The third kappa shape index (κ3) is 4.22. The van der Waals surface area contributed by atoms with Gasteiger partial charge in [0.1, 0.15) is 5.82 Å². The molecule has 0 radical (unpaired) electrons. The summed E-state index contributed by atoms with van der Waals surface area (Å²) in [5.74, 6) is 0.570. The highest BCUT2D eigenvalue weighted by Crippen LogP contribution is 2.34. The minimum absolute atomic E-state index is 0.0111. The second-order valence-electron chi connectivity index (χ2n) is 5.95. The van der Waals surface area contributed by atoms with Gasteiger partial charge in [-0.3, -0.25) is 4.72 Å². The standard InChI is InChI=1S/C18H20FNO4S/c1-23-17-11-8-14(12-18(17)24-15-4-2-3-5-15)20-25(21,22)16-9-6-13(19)7-10-16/h6-12,15,20H,2-5H2,1H3. The average molecular weight is 365 g/mol. The molecular weight excluding hydrogens is 345 g/mol. The van der Waals surface area contributed by atoms with Gasteiger partial charge in [-0.1, -0.05) is 0 Å². The van der Waals surface area contributed by atoms with Gasteiger partial charge in [0.2, 0.25) is 0 Å². The zero-order valence-corrected chi connectivity index (χ0v) is 14.7. The number of hydrogen-bond acceptors (Lipinski definition) is 4. The predicted octanol–water partition coefficient (Wildman–Crippen LogP) is 3.96. The topological polar surface area (TPSA) is 64.6 Å². The molecule has 0 aromatic heterocycles. The largest absolute Gasteiger partial charge is 0.493 e. The highest BCUT2D eigenvalue weighted by atomic mass is 32.2. The van der Waals surface area contributed by atoms with Gasteiger partial charge in [0, 0.05) is 6.07 Å². The van der Waals surface area contributed by atoms with E-state index in [-0.39, 0.29) is 11.0 Å². The maximum atomic E-state index is 13.0. The normalized spacial score (nSPS) is 15.1. The number of rotatable bonds is 6. The van der Waals surface area contributed by atoms with Crippen molar-refractivity contribution in [2.45, 2.75) is 36.7 Å². The summed E-state index contributed by atoms with van der Waals surface area (Å²) in [6, 6.07) is 9.52. The summed E-state index contributed by atoms with van der Waals surface area (Å²) in [6.07, 6.45) is 4.34. The number of benzene rings is 2. The molecule has 1 saturated carbocycles. The van der Waals surface area contributed by atoms with Crippen molar-refractivity contribution in [3.63, 3.8) is 0 Å². The first-order chi connectivity index (χ1) is 12.0. The number of hydrogen-bond donors (Lipinski definition) is 1. The van der Waals surface area contributed by atoms with E-state index in [9.17, 15) is 12.8 Å². The highest BCUT2D eigenvalue weighted by molar-refractivity contribution is 7.92. The Morgan fingerprint density at radius 3 is 2.36 bits per heavy atom. The van der Waals surface area contributed by atoms with Gasteiger partial charge in [-0.25, -0.2) is 12.8 Å². The van der Waals surface area contributed by atoms with Gasteiger partial charge in [0.15, 0.2) is 11.5 Å². The predicted molar refractivity (Wildman–Crippen MR) is 93.1 cm³/mol. The van der Waals surface area contributed by atoms with Crippen LogP contribution in [0, 0.1) is 5.82 Å². The average Bonchev–Trinajstić information content (AvgIpc) is 3.08. The van der Waals surface area contributed by atoms with Crippen LogP contribution in [0.1, 0.15) is 25.7 Å². The lowest BCUT2D eigenvalue weighted by molar-refractivity contribution is 0.201. The Bertz CT molecular complexity index is 831. The van der Waals surface area contributed by atoms with Crippen LogP contribution in [0.5, 0.6) is 11.5 Å². The molecule has 0 aliphatic heterocycles. The molecule has 0 spiro atoms. The van der Waals surface area contributed by atoms with Gasteiger partial charge in [-0.15, -0.1) is 0 Å². The van der Waals surface area contributed by atoms with E-state index in [4.69, 9.17) is 9.47 Å². The van der Waals surface area contributed by atoms with Crippen LogP contribution in [0.15, 0.2) is 47.4 Å². The van der Waals surface area contributed by atoms with Crippen LogP contribution in [0.4, 0.5) is 10.1 Å². The number of ether oxygens (including phenoxy) is 2. The van der Waals surface area contributed by atoms with Crippen LogP contribution in [-0.2, 0) is 10.0 Å². The monoisotopic (exact) mass is 365 g/mol. The summed E-state index contributed by atoms with van der Waals surface area (Å²) in [5, 5.41) is 0. The minimum Gasteiger partial charge on any atom is -0.493 e. The van der Waals surface area contributed by atoms with Gasteiger partial charge < -0.3 is 9.47 Å². The number of nitrogens with one attached hydrogen (secondary N) is 1. The molecule has 134 valence electrons. The number of anilines is 1. The molecule has 1 aliphatic rings. The van der Waals surface area contributed by atoms with Crippen molar-refractivity contribution in [3.05, 3.63) is 48.3 Å². The van der Waals surface area contributed by atoms with Crippen molar-refractivity contribution in [1.29, 1.82) is 0 Å². The smallest absolute Gasteiger partial charge is 0.261 e. The molecule has 0 saturated heterocycles.